The molecule has 104 valence electrons. The first-order valence-electron chi connectivity index (χ1n) is 7.28. The van der Waals surface area contributed by atoms with E-state index in [0.29, 0.717) is 12.6 Å². The van der Waals surface area contributed by atoms with Crippen LogP contribution in [-0.2, 0) is 6.54 Å². The van der Waals surface area contributed by atoms with Crippen LogP contribution in [0.25, 0.3) is 0 Å². The Labute approximate surface area is 120 Å². The molecule has 3 heteroatoms. The number of rotatable bonds is 3. The number of hydrogen-bond donors (Lipinski definition) is 1. The normalized spacial score (nSPS) is 18.5. The van der Waals surface area contributed by atoms with Crippen molar-refractivity contribution in [3.63, 3.8) is 0 Å². The number of benzene rings is 1. The first-order chi connectivity index (χ1) is 9.79. The summed E-state index contributed by atoms with van der Waals surface area (Å²) in [7, 11) is 0. The molecule has 0 spiro atoms. The van der Waals surface area contributed by atoms with Gasteiger partial charge in [0.25, 0.3) is 0 Å². The van der Waals surface area contributed by atoms with E-state index in [1.165, 1.54) is 18.4 Å². The van der Waals surface area contributed by atoms with E-state index in [2.05, 4.69) is 41.3 Å². The molecule has 1 fully saturated rings. The number of anilines is 1. The number of aryl methyl sites for hydroxylation is 1. The fraction of sp³-hybridized carbons (Fsp3) is 0.353. The van der Waals surface area contributed by atoms with Crippen molar-refractivity contribution < 1.29 is 0 Å². The second kappa shape index (κ2) is 5.63. The van der Waals surface area contributed by atoms with Crippen LogP contribution in [-0.4, -0.2) is 11.5 Å². The van der Waals surface area contributed by atoms with Crippen molar-refractivity contribution in [3.05, 3.63) is 59.3 Å². The molecule has 0 radical (unpaired) electrons. The SMILES string of the molecule is Cc1ccc(CN)c(N2CCCC2c2ccccc2)n1. The van der Waals surface area contributed by atoms with Crippen LogP contribution in [0.5, 0.6) is 0 Å². The molecule has 1 aromatic carbocycles. The highest BCUT2D eigenvalue weighted by molar-refractivity contribution is 5.51. The monoisotopic (exact) mass is 267 g/mol. The highest BCUT2D eigenvalue weighted by Crippen LogP contribution is 2.36. The summed E-state index contributed by atoms with van der Waals surface area (Å²) in [5, 5.41) is 0. The fourth-order valence-electron chi connectivity index (χ4n) is 3.02. The molecule has 1 unspecified atom stereocenters. The maximum atomic E-state index is 5.89. The molecule has 3 nitrogen and oxygen atoms in total. The van der Waals surface area contributed by atoms with Gasteiger partial charge in [0.15, 0.2) is 0 Å². The molecule has 2 N–H and O–H groups in total. The van der Waals surface area contributed by atoms with Gasteiger partial charge < -0.3 is 10.6 Å². The molecule has 0 aliphatic carbocycles. The molecule has 1 atom stereocenters. The molecule has 1 aliphatic heterocycles. The van der Waals surface area contributed by atoms with Crippen LogP contribution in [0.2, 0.25) is 0 Å². The van der Waals surface area contributed by atoms with Crippen molar-refractivity contribution in [1.29, 1.82) is 0 Å². The molecule has 3 rings (SSSR count). The number of nitrogens with two attached hydrogens (primary N) is 1. The Morgan fingerprint density at radius 3 is 2.75 bits per heavy atom. The van der Waals surface area contributed by atoms with E-state index in [4.69, 9.17) is 10.7 Å². The van der Waals surface area contributed by atoms with E-state index >= 15 is 0 Å². The Bertz CT molecular complexity index is 580. The smallest absolute Gasteiger partial charge is 0.133 e. The summed E-state index contributed by atoms with van der Waals surface area (Å²) in [6.07, 6.45) is 2.39. The molecule has 2 heterocycles. The zero-order valence-electron chi connectivity index (χ0n) is 11.9. The van der Waals surface area contributed by atoms with Gasteiger partial charge in [0.1, 0.15) is 5.82 Å². The number of nitrogens with zero attached hydrogens (tertiary/aromatic N) is 2. The highest BCUT2D eigenvalue weighted by atomic mass is 15.2. The van der Waals surface area contributed by atoms with Gasteiger partial charge in [0, 0.05) is 24.3 Å². The van der Waals surface area contributed by atoms with Gasteiger partial charge in [-0.15, -0.1) is 0 Å². The Morgan fingerprint density at radius 2 is 2.00 bits per heavy atom. The lowest BCUT2D eigenvalue weighted by Gasteiger charge is -2.28. The van der Waals surface area contributed by atoms with Crippen LogP contribution in [0.3, 0.4) is 0 Å². The maximum Gasteiger partial charge on any atom is 0.133 e. The first-order valence-corrected chi connectivity index (χ1v) is 7.28. The second-order valence-electron chi connectivity index (χ2n) is 5.40. The summed E-state index contributed by atoms with van der Waals surface area (Å²) in [5.41, 5.74) is 9.45. The van der Waals surface area contributed by atoms with Gasteiger partial charge in [-0.2, -0.15) is 0 Å². The Balaban J connectivity index is 1.99. The van der Waals surface area contributed by atoms with Gasteiger partial charge in [0.2, 0.25) is 0 Å². The van der Waals surface area contributed by atoms with E-state index in [1.54, 1.807) is 0 Å². The van der Waals surface area contributed by atoms with Gasteiger partial charge in [-0.05, 0) is 31.4 Å². The van der Waals surface area contributed by atoms with Crippen molar-refractivity contribution in [2.24, 2.45) is 5.73 Å². The first kappa shape index (κ1) is 13.1. The van der Waals surface area contributed by atoms with Crippen LogP contribution < -0.4 is 10.6 Å². The van der Waals surface area contributed by atoms with Crippen LogP contribution in [0, 0.1) is 6.92 Å². The third kappa shape index (κ3) is 2.41. The van der Waals surface area contributed by atoms with Gasteiger partial charge in [-0.3, -0.25) is 0 Å². The van der Waals surface area contributed by atoms with Crippen molar-refractivity contribution in [2.45, 2.75) is 32.4 Å². The molecule has 0 saturated carbocycles. The topological polar surface area (TPSA) is 42.1 Å². The van der Waals surface area contributed by atoms with E-state index in [9.17, 15) is 0 Å². The van der Waals surface area contributed by atoms with Gasteiger partial charge in [0.05, 0.1) is 6.04 Å². The lowest BCUT2D eigenvalue weighted by Crippen LogP contribution is -2.25. The standard InChI is InChI=1S/C17H21N3/c1-13-9-10-15(12-18)17(19-13)20-11-5-8-16(20)14-6-3-2-4-7-14/h2-4,6-7,9-10,16H,5,8,11-12,18H2,1H3. The summed E-state index contributed by atoms with van der Waals surface area (Å²) in [6, 6.07) is 15.3. The average Bonchev–Trinajstić information content (AvgIpc) is 2.97. The third-order valence-corrected chi connectivity index (χ3v) is 4.02. The fourth-order valence-corrected chi connectivity index (χ4v) is 3.02. The second-order valence-corrected chi connectivity index (χ2v) is 5.40. The van der Waals surface area contributed by atoms with E-state index in [1.807, 2.05) is 13.0 Å². The zero-order chi connectivity index (χ0) is 13.9. The van der Waals surface area contributed by atoms with E-state index < -0.39 is 0 Å². The Hall–Kier alpha value is -1.87. The molecule has 0 amide bonds. The van der Waals surface area contributed by atoms with E-state index in [-0.39, 0.29) is 0 Å². The molecular formula is C17H21N3. The summed E-state index contributed by atoms with van der Waals surface area (Å²) < 4.78 is 0. The third-order valence-electron chi connectivity index (χ3n) is 4.02. The number of hydrogen-bond acceptors (Lipinski definition) is 3. The predicted molar refractivity (Wildman–Crippen MR) is 82.6 cm³/mol. The van der Waals surface area contributed by atoms with Crippen LogP contribution in [0.15, 0.2) is 42.5 Å². The van der Waals surface area contributed by atoms with Crippen LogP contribution in [0.4, 0.5) is 5.82 Å². The Morgan fingerprint density at radius 1 is 1.20 bits per heavy atom. The largest absolute Gasteiger partial charge is 0.349 e. The number of pyridine rings is 1. The molecule has 2 aromatic rings. The summed E-state index contributed by atoms with van der Waals surface area (Å²) in [5.74, 6) is 1.07. The molecule has 0 bridgehead atoms. The molecule has 1 aromatic heterocycles. The molecule has 1 aliphatic rings. The lowest BCUT2D eigenvalue weighted by atomic mass is 10.0. The van der Waals surface area contributed by atoms with E-state index in [0.717, 1.165) is 23.6 Å². The Kier molecular flexibility index (Phi) is 3.70. The summed E-state index contributed by atoms with van der Waals surface area (Å²) in [6.45, 7) is 3.64. The van der Waals surface area contributed by atoms with Crippen molar-refractivity contribution in [2.75, 3.05) is 11.4 Å². The lowest BCUT2D eigenvalue weighted by molar-refractivity contribution is 0.706. The van der Waals surface area contributed by atoms with Crippen LogP contribution >= 0.6 is 0 Å². The minimum atomic E-state index is 0.427. The summed E-state index contributed by atoms with van der Waals surface area (Å²) >= 11 is 0. The zero-order valence-corrected chi connectivity index (χ0v) is 11.9. The van der Waals surface area contributed by atoms with Gasteiger partial charge in [-0.1, -0.05) is 36.4 Å². The van der Waals surface area contributed by atoms with Crippen molar-refractivity contribution in [1.82, 2.24) is 4.98 Å². The quantitative estimate of drug-likeness (QED) is 0.928. The maximum absolute atomic E-state index is 5.89. The average molecular weight is 267 g/mol. The minimum absolute atomic E-state index is 0.427. The molecule has 20 heavy (non-hydrogen) atoms. The van der Waals surface area contributed by atoms with Gasteiger partial charge >= 0.3 is 0 Å². The van der Waals surface area contributed by atoms with Crippen molar-refractivity contribution >= 4 is 5.82 Å². The van der Waals surface area contributed by atoms with Crippen molar-refractivity contribution in [3.8, 4) is 0 Å². The van der Waals surface area contributed by atoms with Crippen LogP contribution in [0.1, 0.15) is 35.7 Å². The minimum Gasteiger partial charge on any atom is -0.349 e. The molecule has 1 saturated heterocycles. The van der Waals surface area contributed by atoms with Gasteiger partial charge in [-0.25, -0.2) is 4.98 Å². The number of aromatic nitrogens is 1. The summed E-state index contributed by atoms with van der Waals surface area (Å²) in [4.78, 5) is 7.17. The predicted octanol–water partition coefficient (Wildman–Crippen LogP) is 3.19. The highest BCUT2D eigenvalue weighted by Gasteiger charge is 2.28. The molecular weight excluding hydrogens is 246 g/mol.